The molecule has 0 aliphatic rings. The number of ether oxygens (including phenoxy) is 1. The summed E-state index contributed by atoms with van der Waals surface area (Å²) >= 11 is 3.56. The van der Waals surface area contributed by atoms with Crippen molar-refractivity contribution in [1.82, 2.24) is 10.3 Å². The maximum atomic E-state index is 5.89. The van der Waals surface area contributed by atoms with Gasteiger partial charge in [0.2, 0.25) is 0 Å². The Labute approximate surface area is 134 Å². The minimum atomic E-state index is 0.251. The van der Waals surface area contributed by atoms with E-state index in [1.54, 1.807) is 6.20 Å². The molecule has 1 atom stereocenters. The minimum Gasteiger partial charge on any atom is -0.456 e. The molecule has 2 aromatic rings. The number of benzene rings is 1. The van der Waals surface area contributed by atoms with Crippen LogP contribution >= 0.6 is 15.9 Å². The van der Waals surface area contributed by atoms with E-state index in [0.717, 1.165) is 39.3 Å². The van der Waals surface area contributed by atoms with Crippen molar-refractivity contribution in [3.8, 4) is 11.5 Å². The summed E-state index contributed by atoms with van der Waals surface area (Å²) in [6, 6.07) is 8.25. The highest BCUT2D eigenvalue weighted by atomic mass is 79.9. The van der Waals surface area contributed by atoms with Gasteiger partial charge in [0.05, 0.1) is 11.9 Å². The number of aromatic nitrogens is 1. The van der Waals surface area contributed by atoms with Crippen LogP contribution in [0.5, 0.6) is 11.5 Å². The molecule has 4 heteroatoms. The lowest BCUT2D eigenvalue weighted by Crippen LogP contribution is -2.18. The molecule has 1 aromatic carbocycles. The van der Waals surface area contributed by atoms with E-state index >= 15 is 0 Å². The van der Waals surface area contributed by atoms with Crippen molar-refractivity contribution in [2.45, 2.75) is 33.7 Å². The SMILES string of the molecule is CCNC(C)c1ccc(Oc2cc(C)c(Br)c(C)c2)cn1. The molecule has 0 saturated heterocycles. The summed E-state index contributed by atoms with van der Waals surface area (Å²) in [6.45, 7) is 9.24. The topological polar surface area (TPSA) is 34.1 Å². The molecule has 0 aliphatic heterocycles. The number of hydrogen-bond acceptors (Lipinski definition) is 3. The van der Waals surface area contributed by atoms with E-state index in [0.29, 0.717) is 0 Å². The third kappa shape index (κ3) is 4.05. The lowest BCUT2D eigenvalue weighted by atomic mass is 10.1. The van der Waals surface area contributed by atoms with Crippen molar-refractivity contribution < 1.29 is 4.74 Å². The average molecular weight is 349 g/mol. The first-order chi connectivity index (χ1) is 10.0. The van der Waals surface area contributed by atoms with Gasteiger partial charge in [-0.15, -0.1) is 0 Å². The van der Waals surface area contributed by atoms with Crippen LogP contribution in [0, 0.1) is 13.8 Å². The van der Waals surface area contributed by atoms with Crippen LogP contribution in [0.4, 0.5) is 0 Å². The van der Waals surface area contributed by atoms with Gasteiger partial charge in [-0.1, -0.05) is 22.9 Å². The maximum absolute atomic E-state index is 5.89. The van der Waals surface area contributed by atoms with Crippen LogP contribution in [0.15, 0.2) is 34.9 Å². The Bertz CT molecular complexity index is 588. The van der Waals surface area contributed by atoms with E-state index in [1.165, 1.54) is 0 Å². The fraction of sp³-hybridized carbons (Fsp3) is 0.353. The van der Waals surface area contributed by atoms with Crippen LogP contribution in [0.25, 0.3) is 0 Å². The lowest BCUT2D eigenvalue weighted by molar-refractivity contribution is 0.477. The molecule has 1 N–H and O–H groups in total. The second-order valence-electron chi connectivity index (χ2n) is 5.17. The normalized spacial score (nSPS) is 12.2. The molecule has 3 nitrogen and oxygen atoms in total. The highest BCUT2D eigenvalue weighted by molar-refractivity contribution is 9.10. The van der Waals surface area contributed by atoms with Crippen LogP contribution in [0.3, 0.4) is 0 Å². The van der Waals surface area contributed by atoms with Gasteiger partial charge < -0.3 is 10.1 Å². The van der Waals surface area contributed by atoms with Crippen molar-refractivity contribution >= 4 is 15.9 Å². The molecular weight excluding hydrogens is 328 g/mol. The van der Waals surface area contributed by atoms with E-state index < -0.39 is 0 Å². The third-order valence-corrected chi connectivity index (χ3v) is 4.61. The predicted octanol–water partition coefficient (Wildman–Crippen LogP) is 4.92. The molecule has 1 heterocycles. The maximum Gasteiger partial charge on any atom is 0.145 e. The monoisotopic (exact) mass is 348 g/mol. The Morgan fingerprint density at radius 1 is 1.19 bits per heavy atom. The Balaban J connectivity index is 2.13. The van der Waals surface area contributed by atoms with Crippen molar-refractivity contribution in [3.63, 3.8) is 0 Å². The summed E-state index contributed by atoms with van der Waals surface area (Å²) in [4.78, 5) is 4.46. The summed E-state index contributed by atoms with van der Waals surface area (Å²) < 4.78 is 7.01. The Morgan fingerprint density at radius 3 is 2.38 bits per heavy atom. The molecule has 0 amide bonds. The number of hydrogen-bond donors (Lipinski definition) is 1. The quantitative estimate of drug-likeness (QED) is 0.832. The lowest BCUT2D eigenvalue weighted by Gasteiger charge is -2.13. The van der Waals surface area contributed by atoms with Gasteiger partial charge in [-0.2, -0.15) is 0 Å². The zero-order valence-electron chi connectivity index (χ0n) is 12.9. The van der Waals surface area contributed by atoms with E-state index in [-0.39, 0.29) is 6.04 Å². The number of pyridine rings is 1. The minimum absolute atomic E-state index is 0.251. The summed E-state index contributed by atoms with van der Waals surface area (Å²) in [5, 5.41) is 3.34. The van der Waals surface area contributed by atoms with Crippen LogP contribution in [-0.4, -0.2) is 11.5 Å². The van der Waals surface area contributed by atoms with Crippen molar-refractivity contribution in [2.24, 2.45) is 0 Å². The smallest absolute Gasteiger partial charge is 0.145 e. The van der Waals surface area contributed by atoms with Gasteiger partial charge in [-0.25, -0.2) is 0 Å². The number of rotatable bonds is 5. The molecule has 0 bridgehead atoms. The largest absolute Gasteiger partial charge is 0.456 e. The average Bonchev–Trinajstić information content (AvgIpc) is 2.45. The number of nitrogens with zero attached hydrogens (tertiary/aromatic N) is 1. The second-order valence-corrected chi connectivity index (χ2v) is 5.96. The molecule has 1 aromatic heterocycles. The summed E-state index contributed by atoms with van der Waals surface area (Å²) in [5.41, 5.74) is 3.35. The second kappa shape index (κ2) is 7.05. The summed E-state index contributed by atoms with van der Waals surface area (Å²) in [5.74, 6) is 1.59. The molecule has 1 unspecified atom stereocenters. The molecule has 0 spiro atoms. The van der Waals surface area contributed by atoms with Gasteiger partial charge >= 0.3 is 0 Å². The first-order valence-corrected chi connectivity index (χ1v) is 7.94. The Kier molecular flexibility index (Phi) is 5.37. The van der Waals surface area contributed by atoms with Gasteiger partial charge in [0.15, 0.2) is 0 Å². The highest BCUT2D eigenvalue weighted by Gasteiger charge is 2.07. The number of halogens is 1. The molecule has 112 valence electrons. The Hall–Kier alpha value is -1.39. The van der Waals surface area contributed by atoms with Gasteiger partial charge in [-0.3, -0.25) is 4.98 Å². The third-order valence-electron chi connectivity index (χ3n) is 3.36. The van der Waals surface area contributed by atoms with E-state index in [4.69, 9.17) is 4.74 Å². The van der Waals surface area contributed by atoms with Crippen molar-refractivity contribution in [1.29, 1.82) is 0 Å². The van der Waals surface area contributed by atoms with Crippen LogP contribution in [0.2, 0.25) is 0 Å². The fourth-order valence-corrected chi connectivity index (χ4v) is 2.45. The Morgan fingerprint density at radius 2 is 1.86 bits per heavy atom. The molecule has 0 aliphatic carbocycles. The summed E-state index contributed by atoms with van der Waals surface area (Å²) in [7, 11) is 0. The van der Waals surface area contributed by atoms with E-state index in [9.17, 15) is 0 Å². The molecule has 21 heavy (non-hydrogen) atoms. The van der Waals surface area contributed by atoms with E-state index in [1.807, 2.05) is 24.3 Å². The number of nitrogens with one attached hydrogen (secondary N) is 1. The highest BCUT2D eigenvalue weighted by Crippen LogP contribution is 2.29. The van der Waals surface area contributed by atoms with Crippen LogP contribution < -0.4 is 10.1 Å². The van der Waals surface area contributed by atoms with Gasteiger partial charge in [0.1, 0.15) is 11.5 Å². The molecule has 0 fully saturated rings. The van der Waals surface area contributed by atoms with Gasteiger partial charge in [0, 0.05) is 10.5 Å². The first kappa shape index (κ1) is 16.0. The van der Waals surface area contributed by atoms with E-state index in [2.05, 4.69) is 53.9 Å². The standard InChI is InChI=1S/C17H21BrN2O/c1-5-19-13(4)16-7-6-14(10-20-16)21-15-8-11(2)17(18)12(3)9-15/h6-10,13,19H,5H2,1-4H3. The zero-order valence-corrected chi connectivity index (χ0v) is 14.5. The fourth-order valence-electron chi connectivity index (χ4n) is 2.22. The first-order valence-electron chi connectivity index (χ1n) is 7.15. The molecule has 0 saturated carbocycles. The van der Waals surface area contributed by atoms with Gasteiger partial charge in [0.25, 0.3) is 0 Å². The predicted molar refractivity (Wildman–Crippen MR) is 90.0 cm³/mol. The molecule has 2 rings (SSSR count). The van der Waals surface area contributed by atoms with Crippen LogP contribution in [-0.2, 0) is 0 Å². The van der Waals surface area contributed by atoms with Gasteiger partial charge in [-0.05, 0) is 62.7 Å². The van der Waals surface area contributed by atoms with Crippen LogP contribution in [0.1, 0.15) is 36.7 Å². The summed E-state index contributed by atoms with van der Waals surface area (Å²) in [6.07, 6.45) is 1.77. The number of aryl methyl sites for hydroxylation is 2. The molecule has 0 radical (unpaired) electrons. The zero-order chi connectivity index (χ0) is 15.4. The van der Waals surface area contributed by atoms with Crippen molar-refractivity contribution in [3.05, 3.63) is 51.8 Å². The van der Waals surface area contributed by atoms with Crippen molar-refractivity contribution in [2.75, 3.05) is 6.54 Å². The molecular formula is C17H21BrN2O.